The fraction of sp³-hybridized carbons (Fsp3) is 0.125. The Balaban J connectivity index is 1.41. The molecular weight excluding hydrogens is 528 g/mol. The number of methoxy groups -OCH3 is 1. The van der Waals surface area contributed by atoms with Crippen molar-refractivity contribution in [1.82, 2.24) is 4.90 Å². The molecular formula is C32H27ClN2O3S. The molecule has 39 heavy (non-hydrogen) atoms. The fourth-order valence-electron chi connectivity index (χ4n) is 4.12. The van der Waals surface area contributed by atoms with Crippen molar-refractivity contribution in [3.8, 4) is 11.5 Å². The molecule has 4 aromatic carbocycles. The highest BCUT2D eigenvalue weighted by Gasteiger charge is 2.33. The molecule has 0 radical (unpaired) electrons. The molecule has 7 heteroatoms. The summed E-state index contributed by atoms with van der Waals surface area (Å²) in [6, 6.07) is 33.4. The first-order chi connectivity index (χ1) is 19.1. The number of thioether (sulfide) groups is 1. The van der Waals surface area contributed by atoms with E-state index in [-0.39, 0.29) is 5.91 Å². The molecule has 1 heterocycles. The number of amides is 1. The second kappa shape index (κ2) is 12.7. The number of halogens is 1. The monoisotopic (exact) mass is 554 g/mol. The number of carbonyl (C=O) groups excluding carboxylic acids is 1. The minimum Gasteiger partial charge on any atom is -0.493 e. The van der Waals surface area contributed by atoms with E-state index in [9.17, 15) is 4.79 Å². The highest BCUT2D eigenvalue weighted by molar-refractivity contribution is 8.18. The topological polar surface area (TPSA) is 51.1 Å². The van der Waals surface area contributed by atoms with E-state index in [1.807, 2.05) is 103 Å². The van der Waals surface area contributed by atoms with E-state index in [2.05, 4.69) is 0 Å². The minimum absolute atomic E-state index is 0.102. The lowest BCUT2D eigenvalue weighted by atomic mass is 10.1. The van der Waals surface area contributed by atoms with Crippen molar-refractivity contribution in [2.24, 2.45) is 4.99 Å². The average molecular weight is 555 g/mol. The number of amidine groups is 1. The third-order valence-electron chi connectivity index (χ3n) is 6.09. The maximum Gasteiger partial charge on any atom is 0.267 e. The predicted molar refractivity (Wildman–Crippen MR) is 159 cm³/mol. The van der Waals surface area contributed by atoms with E-state index in [1.165, 1.54) is 11.8 Å². The summed E-state index contributed by atoms with van der Waals surface area (Å²) in [7, 11) is 1.57. The Bertz CT molecular complexity index is 1490. The minimum atomic E-state index is -0.102. The molecule has 0 aliphatic carbocycles. The highest BCUT2D eigenvalue weighted by atomic mass is 35.5. The third kappa shape index (κ3) is 6.72. The van der Waals surface area contributed by atoms with Crippen LogP contribution in [0.15, 0.2) is 113 Å². The Hall–Kier alpha value is -4.00. The highest BCUT2D eigenvalue weighted by Crippen LogP contribution is 2.39. The number of hydrogen-bond acceptors (Lipinski definition) is 5. The first-order valence-electron chi connectivity index (χ1n) is 12.5. The van der Waals surface area contributed by atoms with E-state index in [0.29, 0.717) is 46.3 Å². The molecule has 0 aromatic heterocycles. The van der Waals surface area contributed by atoms with E-state index in [4.69, 9.17) is 26.1 Å². The molecule has 0 atom stereocenters. The summed E-state index contributed by atoms with van der Waals surface area (Å²) < 4.78 is 11.6. The van der Waals surface area contributed by atoms with Crippen LogP contribution in [0, 0.1) is 0 Å². The summed E-state index contributed by atoms with van der Waals surface area (Å²) in [6.07, 6.45) is 1.82. The first kappa shape index (κ1) is 26.6. The van der Waals surface area contributed by atoms with Crippen molar-refractivity contribution in [3.63, 3.8) is 0 Å². The van der Waals surface area contributed by atoms with E-state index in [1.54, 1.807) is 18.1 Å². The molecule has 1 saturated heterocycles. The number of carbonyl (C=O) groups is 1. The van der Waals surface area contributed by atoms with Gasteiger partial charge in [0, 0.05) is 0 Å². The molecule has 5 rings (SSSR count). The average Bonchev–Trinajstić information content (AvgIpc) is 3.26. The second-order valence-electron chi connectivity index (χ2n) is 8.88. The van der Waals surface area contributed by atoms with Gasteiger partial charge >= 0.3 is 0 Å². The van der Waals surface area contributed by atoms with Gasteiger partial charge in [0.05, 0.1) is 30.1 Å². The molecule has 0 N–H and O–H groups in total. The Morgan fingerprint density at radius 1 is 0.872 bits per heavy atom. The molecule has 0 bridgehead atoms. The van der Waals surface area contributed by atoms with Crippen LogP contribution in [0.2, 0.25) is 5.02 Å². The molecule has 5 nitrogen and oxygen atoms in total. The van der Waals surface area contributed by atoms with E-state index >= 15 is 0 Å². The second-order valence-corrected chi connectivity index (χ2v) is 10.3. The van der Waals surface area contributed by atoms with Crippen molar-refractivity contribution in [2.75, 3.05) is 7.11 Å². The molecule has 0 saturated carbocycles. The predicted octanol–water partition coefficient (Wildman–Crippen LogP) is 7.60. The van der Waals surface area contributed by atoms with Gasteiger partial charge in [-0.3, -0.25) is 14.7 Å². The van der Waals surface area contributed by atoms with Crippen molar-refractivity contribution in [3.05, 3.63) is 135 Å². The number of ether oxygens (including phenoxy) is 2. The molecule has 1 aliphatic heterocycles. The molecule has 4 aromatic rings. The number of rotatable bonds is 9. The van der Waals surface area contributed by atoms with Crippen LogP contribution in [0.25, 0.3) is 6.08 Å². The Morgan fingerprint density at radius 2 is 1.49 bits per heavy atom. The summed E-state index contributed by atoms with van der Waals surface area (Å²) in [4.78, 5) is 20.7. The van der Waals surface area contributed by atoms with Gasteiger partial charge in [-0.25, -0.2) is 0 Å². The summed E-state index contributed by atoms with van der Waals surface area (Å²) in [6.45, 7) is 1.29. The number of nitrogens with zero attached hydrogens (tertiary/aromatic N) is 2. The van der Waals surface area contributed by atoms with Crippen LogP contribution in [-0.4, -0.2) is 23.1 Å². The van der Waals surface area contributed by atoms with Crippen molar-refractivity contribution in [1.29, 1.82) is 0 Å². The lowest BCUT2D eigenvalue weighted by Crippen LogP contribution is -2.28. The Labute approximate surface area is 237 Å². The zero-order valence-corrected chi connectivity index (χ0v) is 23.0. The van der Waals surface area contributed by atoms with Crippen LogP contribution < -0.4 is 9.47 Å². The van der Waals surface area contributed by atoms with Gasteiger partial charge in [0.15, 0.2) is 16.7 Å². The largest absolute Gasteiger partial charge is 0.493 e. The summed E-state index contributed by atoms with van der Waals surface area (Å²) in [5.41, 5.74) is 3.88. The van der Waals surface area contributed by atoms with Crippen LogP contribution in [-0.2, 0) is 24.5 Å². The standard InChI is InChI=1S/C32H27ClN2O3S/c1-37-28-18-26(17-27(33)30(28)38-22-25-15-9-4-10-16-25)19-29-31(36)35(21-24-13-7-3-8-14-24)32(39-29)34-20-23-11-5-2-6-12-23/h2-19H,20-22H2,1H3/b29-19+,34-32?. The normalized spacial score (nSPS) is 15.2. The van der Waals surface area contributed by atoms with Gasteiger partial charge in [-0.2, -0.15) is 0 Å². The Morgan fingerprint density at radius 3 is 2.13 bits per heavy atom. The van der Waals surface area contributed by atoms with E-state index in [0.717, 1.165) is 22.3 Å². The number of hydrogen-bond donors (Lipinski definition) is 0. The maximum atomic E-state index is 13.6. The number of aliphatic imine (C=N–C) groups is 1. The van der Waals surface area contributed by atoms with Crippen LogP contribution in [0.4, 0.5) is 0 Å². The first-order valence-corrected chi connectivity index (χ1v) is 13.7. The van der Waals surface area contributed by atoms with Crippen molar-refractivity contribution in [2.45, 2.75) is 19.7 Å². The molecule has 0 spiro atoms. The van der Waals surface area contributed by atoms with Gasteiger partial charge in [0.1, 0.15) is 6.61 Å². The molecule has 0 unspecified atom stereocenters. The quantitative estimate of drug-likeness (QED) is 0.200. The molecule has 1 fully saturated rings. The maximum absolute atomic E-state index is 13.6. The SMILES string of the molecule is COc1cc(/C=C2/SC(=NCc3ccccc3)N(Cc3ccccc3)C2=O)cc(Cl)c1OCc1ccccc1. The summed E-state index contributed by atoms with van der Waals surface area (Å²) >= 11 is 7.99. The van der Waals surface area contributed by atoms with Crippen molar-refractivity contribution < 1.29 is 14.3 Å². The van der Waals surface area contributed by atoms with Gasteiger partial charge in [-0.1, -0.05) is 103 Å². The van der Waals surface area contributed by atoms with Gasteiger partial charge < -0.3 is 9.47 Å². The van der Waals surface area contributed by atoms with Gasteiger partial charge in [-0.05, 0) is 52.2 Å². The van der Waals surface area contributed by atoms with Crippen LogP contribution >= 0.6 is 23.4 Å². The third-order valence-corrected chi connectivity index (χ3v) is 7.41. The Kier molecular flexibility index (Phi) is 8.66. The lowest BCUT2D eigenvalue weighted by Gasteiger charge is -2.16. The van der Waals surface area contributed by atoms with Crippen LogP contribution in [0.1, 0.15) is 22.3 Å². The molecule has 1 aliphatic rings. The van der Waals surface area contributed by atoms with Gasteiger partial charge in [0.25, 0.3) is 5.91 Å². The molecule has 196 valence electrons. The smallest absolute Gasteiger partial charge is 0.267 e. The van der Waals surface area contributed by atoms with E-state index < -0.39 is 0 Å². The molecule has 1 amide bonds. The van der Waals surface area contributed by atoms with Crippen molar-refractivity contribution >= 4 is 40.5 Å². The van der Waals surface area contributed by atoms with Gasteiger partial charge in [0.2, 0.25) is 0 Å². The summed E-state index contributed by atoms with van der Waals surface area (Å²) in [5.74, 6) is 0.862. The fourth-order valence-corrected chi connectivity index (χ4v) is 5.37. The zero-order valence-electron chi connectivity index (χ0n) is 21.4. The number of benzene rings is 4. The van der Waals surface area contributed by atoms with Crippen LogP contribution in [0.3, 0.4) is 0 Å². The lowest BCUT2D eigenvalue weighted by molar-refractivity contribution is -0.122. The van der Waals surface area contributed by atoms with Crippen LogP contribution in [0.5, 0.6) is 11.5 Å². The van der Waals surface area contributed by atoms with Gasteiger partial charge in [-0.15, -0.1) is 0 Å². The summed E-state index contributed by atoms with van der Waals surface area (Å²) in [5, 5.41) is 1.08. The zero-order chi connectivity index (χ0) is 27.0.